The van der Waals surface area contributed by atoms with E-state index >= 15 is 0 Å². The van der Waals surface area contributed by atoms with Crippen molar-refractivity contribution in [2.45, 2.75) is 39.3 Å². The van der Waals surface area contributed by atoms with E-state index in [1.54, 1.807) is 23.6 Å². The Balaban J connectivity index is 2.77. The Morgan fingerprint density at radius 3 is 2.55 bits per heavy atom. The molecule has 0 bridgehead atoms. The number of hydrogen-bond donors (Lipinski definition) is 2. The van der Waals surface area contributed by atoms with Gasteiger partial charge in [-0.1, -0.05) is 13.8 Å². The Kier molecular flexibility index (Phi) is 3.63. The summed E-state index contributed by atoms with van der Waals surface area (Å²) in [6.07, 6.45) is 0.955. The number of hydrogen-bond acceptors (Lipinski definition) is 4. The zero-order valence-corrected chi connectivity index (χ0v) is 11.6. The van der Waals surface area contributed by atoms with Crippen molar-refractivity contribution >= 4 is 11.5 Å². The van der Waals surface area contributed by atoms with Crippen molar-refractivity contribution in [1.82, 2.24) is 14.2 Å². The van der Waals surface area contributed by atoms with Crippen LogP contribution in [0, 0.1) is 0 Å². The standard InChI is InChI=1S/C13H17N3O4/c1-7(2)12-14-16(6-11(18)19)13(20)10-4-9(8(3)17)5-15(10)12/h4-5,7-8,17H,6H2,1-3H3,(H,18,19). The second kappa shape index (κ2) is 5.09. The molecule has 7 heteroatoms. The van der Waals surface area contributed by atoms with Crippen LogP contribution in [0.3, 0.4) is 0 Å². The number of carbonyl (C=O) groups is 1. The highest BCUT2D eigenvalue weighted by Crippen LogP contribution is 2.19. The normalized spacial score (nSPS) is 13.1. The van der Waals surface area contributed by atoms with Gasteiger partial charge in [0.25, 0.3) is 5.56 Å². The number of nitrogens with zero attached hydrogens (tertiary/aromatic N) is 3. The van der Waals surface area contributed by atoms with Crippen LogP contribution in [0.5, 0.6) is 0 Å². The van der Waals surface area contributed by atoms with Gasteiger partial charge in [0.15, 0.2) is 0 Å². The van der Waals surface area contributed by atoms with Crippen LogP contribution >= 0.6 is 0 Å². The lowest BCUT2D eigenvalue weighted by Crippen LogP contribution is -2.30. The van der Waals surface area contributed by atoms with Crippen molar-refractivity contribution in [2.75, 3.05) is 0 Å². The zero-order valence-electron chi connectivity index (χ0n) is 11.6. The smallest absolute Gasteiger partial charge is 0.325 e. The van der Waals surface area contributed by atoms with Gasteiger partial charge in [-0.3, -0.25) is 14.0 Å². The third kappa shape index (κ3) is 2.44. The Morgan fingerprint density at radius 2 is 2.05 bits per heavy atom. The van der Waals surface area contributed by atoms with E-state index in [0.29, 0.717) is 16.9 Å². The molecule has 0 aliphatic heterocycles. The van der Waals surface area contributed by atoms with E-state index < -0.39 is 24.2 Å². The van der Waals surface area contributed by atoms with Crippen molar-refractivity contribution in [2.24, 2.45) is 0 Å². The number of aliphatic hydroxyl groups excluding tert-OH is 1. The van der Waals surface area contributed by atoms with E-state index in [0.717, 1.165) is 4.68 Å². The maximum atomic E-state index is 12.2. The van der Waals surface area contributed by atoms with Crippen LogP contribution in [-0.4, -0.2) is 30.4 Å². The van der Waals surface area contributed by atoms with Gasteiger partial charge in [-0.15, -0.1) is 0 Å². The number of aliphatic hydroxyl groups is 1. The largest absolute Gasteiger partial charge is 0.480 e. The second-order valence-electron chi connectivity index (χ2n) is 5.07. The number of aliphatic carboxylic acids is 1. The maximum absolute atomic E-state index is 12.2. The Morgan fingerprint density at radius 1 is 1.40 bits per heavy atom. The summed E-state index contributed by atoms with van der Waals surface area (Å²) in [5.41, 5.74) is 0.434. The molecule has 0 fully saturated rings. The number of fused-ring (bicyclic) bond motifs is 1. The Labute approximate surface area is 115 Å². The molecule has 7 nitrogen and oxygen atoms in total. The highest BCUT2D eigenvalue weighted by atomic mass is 16.4. The molecule has 2 aromatic heterocycles. The summed E-state index contributed by atoms with van der Waals surface area (Å²) in [4.78, 5) is 23.0. The summed E-state index contributed by atoms with van der Waals surface area (Å²) < 4.78 is 2.56. The van der Waals surface area contributed by atoms with E-state index in [1.165, 1.54) is 0 Å². The lowest BCUT2D eigenvalue weighted by Gasteiger charge is -2.11. The van der Waals surface area contributed by atoms with Crippen molar-refractivity contribution in [3.8, 4) is 0 Å². The highest BCUT2D eigenvalue weighted by molar-refractivity contribution is 5.66. The molecule has 108 valence electrons. The van der Waals surface area contributed by atoms with Gasteiger partial charge in [0, 0.05) is 12.1 Å². The molecule has 0 aliphatic carbocycles. The third-order valence-corrected chi connectivity index (χ3v) is 3.05. The number of rotatable bonds is 4. The fraction of sp³-hybridized carbons (Fsp3) is 0.462. The van der Waals surface area contributed by atoms with Gasteiger partial charge >= 0.3 is 5.97 Å². The molecule has 20 heavy (non-hydrogen) atoms. The molecule has 0 saturated heterocycles. The quantitative estimate of drug-likeness (QED) is 0.861. The van der Waals surface area contributed by atoms with Gasteiger partial charge in [-0.05, 0) is 18.6 Å². The minimum atomic E-state index is -1.12. The van der Waals surface area contributed by atoms with E-state index in [-0.39, 0.29) is 5.92 Å². The van der Waals surface area contributed by atoms with E-state index in [2.05, 4.69) is 5.10 Å². The second-order valence-corrected chi connectivity index (χ2v) is 5.07. The molecule has 2 aromatic rings. The molecule has 0 spiro atoms. The predicted octanol–water partition coefficient (Wildman–Crippen LogP) is 0.757. The lowest BCUT2D eigenvalue weighted by atomic mass is 10.2. The summed E-state index contributed by atoms with van der Waals surface area (Å²) in [6.45, 7) is 4.93. The first-order valence-corrected chi connectivity index (χ1v) is 6.34. The van der Waals surface area contributed by atoms with E-state index in [9.17, 15) is 14.7 Å². The minimum Gasteiger partial charge on any atom is -0.480 e. The molecule has 1 unspecified atom stereocenters. The molecular formula is C13H17N3O4. The van der Waals surface area contributed by atoms with Crippen LogP contribution in [0.2, 0.25) is 0 Å². The summed E-state index contributed by atoms with van der Waals surface area (Å²) in [7, 11) is 0. The molecule has 2 N–H and O–H groups in total. The molecule has 0 radical (unpaired) electrons. The van der Waals surface area contributed by atoms with Crippen LogP contribution < -0.4 is 5.56 Å². The SMILES string of the molecule is CC(C)c1nn(CC(=O)O)c(=O)c2cc(C(C)O)cn12. The molecular weight excluding hydrogens is 262 g/mol. The van der Waals surface area contributed by atoms with E-state index in [1.807, 2.05) is 13.8 Å². The van der Waals surface area contributed by atoms with Crippen LogP contribution in [-0.2, 0) is 11.3 Å². The molecule has 1 atom stereocenters. The summed E-state index contributed by atoms with van der Waals surface area (Å²) in [6, 6.07) is 1.57. The summed E-state index contributed by atoms with van der Waals surface area (Å²) in [5, 5.41) is 22.6. The molecule has 0 aliphatic rings. The van der Waals surface area contributed by atoms with Crippen LogP contribution in [0.1, 0.15) is 44.2 Å². The monoisotopic (exact) mass is 279 g/mol. The maximum Gasteiger partial charge on any atom is 0.325 e. The van der Waals surface area contributed by atoms with Gasteiger partial charge in [0.05, 0.1) is 6.10 Å². The van der Waals surface area contributed by atoms with E-state index in [4.69, 9.17) is 5.11 Å². The first-order chi connectivity index (χ1) is 9.31. The van der Waals surface area contributed by atoms with Gasteiger partial charge in [-0.25, -0.2) is 4.68 Å². The van der Waals surface area contributed by atoms with Gasteiger partial charge < -0.3 is 10.2 Å². The summed E-state index contributed by atoms with van der Waals surface area (Å²) in [5.74, 6) is -0.541. The van der Waals surface area contributed by atoms with Crippen molar-refractivity contribution in [3.63, 3.8) is 0 Å². The molecule has 2 rings (SSSR count). The molecule has 0 saturated carbocycles. The number of carboxylic acid groups (broad SMARTS) is 1. The first kappa shape index (κ1) is 14.3. The average Bonchev–Trinajstić information content (AvgIpc) is 2.77. The average molecular weight is 279 g/mol. The zero-order chi connectivity index (χ0) is 15.0. The number of aromatic nitrogens is 3. The van der Waals surface area contributed by atoms with Crippen LogP contribution in [0.15, 0.2) is 17.1 Å². The topological polar surface area (TPSA) is 96.8 Å². The molecule has 2 heterocycles. The fourth-order valence-corrected chi connectivity index (χ4v) is 2.04. The first-order valence-electron chi connectivity index (χ1n) is 6.34. The number of carboxylic acids is 1. The Hall–Kier alpha value is -2.15. The lowest BCUT2D eigenvalue weighted by molar-refractivity contribution is -0.138. The molecule has 0 amide bonds. The van der Waals surface area contributed by atoms with Crippen LogP contribution in [0.4, 0.5) is 0 Å². The van der Waals surface area contributed by atoms with Gasteiger partial charge in [0.2, 0.25) is 0 Å². The van der Waals surface area contributed by atoms with Gasteiger partial charge in [0.1, 0.15) is 17.9 Å². The minimum absolute atomic E-state index is 0.00685. The van der Waals surface area contributed by atoms with Crippen molar-refractivity contribution in [3.05, 3.63) is 34.0 Å². The van der Waals surface area contributed by atoms with Crippen molar-refractivity contribution < 1.29 is 15.0 Å². The van der Waals surface area contributed by atoms with Gasteiger partial charge in [-0.2, -0.15) is 5.10 Å². The highest BCUT2D eigenvalue weighted by Gasteiger charge is 2.17. The fourth-order valence-electron chi connectivity index (χ4n) is 2.04. The molecule has 0 aromatic carbocycles. The predicted molar refractivity (Wildman–Crippen MR) is 71.8 cm³/mol. The Bertz CT molecular complexity index is 712. The summed E-state index contributed by atoms with van der Waals surface area (Å²) >= 11 is 0. The van der Waals surface area contributed by atoms with Crippen LogP contribution in [0.25, 0.3) is 5.52 Å². The third-order valence-electron chi connectivity index (χ3n) is 3.05. The van der Waals surface area contributed by atoms with Crippen molar-refractivity contribution in [1.29, 1.82) is 0 Å².